The largest absolute Gasteiger partial charge is 0.506 e. The standard InChI is InChI=1S/C20H30O21/c21-1-2(22)3(23)4(24)5(25)6(26)7(27)8(28)9(29)10(30)11(31)12(32)13(33)14(34)15(35)16(36)17(37)18(38)19(39)20(40)41/h2-9,21-39H,1H2,(H,40,41)/b11-10+,13-12+,15-14+,17-16+,19-18+. The van der Waals surface area contributed by atoms with Gasteiger partial charge in [0, 0.05) is 0 Å². The smallest absolute Gasteiger partial charge is 0.375 e. The molecule has 0 aromatic heterocycles. The molecule has 0 aliphatic heterocycles. The summed E-state index contributed by atoms with van der Waals surface area (Å²) in [6.45, 7) is -1.12. The summed E-state index contributed by atoms with van der Waals surface area (Å²) in [6.07, 6.45) is -20.7. The van der Waals surface area contributed by atoms with Gasteiger partial charge in [0.05, 0.1) is 6.61 Å². The number of carboxylic acids is 1. The molecule has 0 saturated heterocycles. The Labute approximate surface area is 226 Å². The molecular weight excluding hydrogens is 576 g/mol. The molecule has 236 valence electrons. The molecule has 0 amide bonds. The highest BCUT2D eigenvalue weighted by Crippen LogP contribution is 2.25. The third-order valence-corrected chi connectivity index (χ3v) is 5.17. The van der Waals surface area contributed by atoms with Crippen LogP contribution in [0, 0.1) is 0 Å². The number of hydrogen-bond donors (Lipinski definition) is 20. The number of aliphatic carboxylic acids is 1. The van der Waals surface area contributed by atoms with Crippen LogP contribution in [0.15, 0.2) is 57.6 Å². The van der Waals surface area contributed by atoms with E-state index in [0.717, 1.165) is 0 Å². The number of aliphatic hydroxyl groups excluding tert-OH is 19. The van der Waals surface area contributed by atoms with E-state index in [1.807, 2.05) is 0 Å². The molecule has 8 unspecified atom stereocenters. The molecular formula is C20H30O21. The SMILES string of the molecule is O=C(O)/C(O)=C(O)/C(O)=C(O)/C(O)=C(O)/C(O)=C(O)/C(O)=C(\O)C(O)C(O)C(O)C(O)C(O)C(O)C(O)C(O)CO. The highest BCUT2D eigenvalue weighted by atomic mass is 16.4. The van der Waals surface area contributed by atoms with Gasteiger partial charge in [0.25, 0.3) is 0 Å². The topological polar surface area (TPSA) is 422 Å². The van der Waals surface area contributed by atoms with E-state index in [4.69, 9.17) is 15.3 Å². The summed E-state index contributed by atoms with van der Waals surface area (Å²) in [5, 5.41) is 191. The zero-order valence-electron chi connectivity index (χ0n) is 20.2. The first-order valence-electron chi connectivity index (χ1n) is 10.6. The van der Waals surface area contributed by atoms with Crippen LogP contribution in [-0.2, 0) is 4.79 Å². The molecule has 41 heavy (non-hydrogen) atoms. The molecule has 0 aromatic carbocycles. The Morgan fingerprint density at radius 2 is 0.659 bits per heavy atom. The van der Waals surface area contributed by atoms with Crippen molar-refractivity contribution in [3.8, 4) is 0 Å². The Balaban J connectivity index is 6.27. The Morgan fingerprint density at radius 1 is 0.390 bits per heavy atom. The van der Waals surface area contributed by atoms with Crippen LogP contribution >= 0.6 is 0 Å². The van der Waals surface area contributed by atoms with Gasteiger partial charge >= 0.3 is 5.97 Å². The molecule has 8 atom stereocenters. The van der Waals surface area contributed by atoms with Crippen LogP contribution in [0.5, 0.6) is 0 Å². The van der Waals surface area contributed by atoms with Crippen molar-refractivity contribution in [2.45, 2.75) is 48.8 Å². The molecule has 0 spiro atoms. The van der Waals surface area contributed by atoms with Crippen LogP contribution in [0.1, 0.15) is 0 Å². The van der Waals surface area contributed by atoms with E-state index in [-0.39, 0.29) is 0 Å². The number of carboxylic acid groups (broad SMARTS) is 1. The van der Waals surface area contributed by atoms with E-state index in [1.54, 1.807) is 0 Å². The molecule has 0 bridgehead atoms. The second-order valence-electron chi connectivity index (χ2n) is 7.97. The van der Waals surface area contributed by atoms with Crippen molar-refractivity contribution in [1.29, 1.82) is 0 Å². The molecule has 0 aliphatic rings. The predicted molar refractivity (Wildman–Crippen MR) is 124 cm³/mol. The molecule has 0 heterocycles. The third-order valence-electron chi connectivity index (χ3n) is 5.17. The van der Waals surface area contributed by atoms with Crippen molar-refractivity contribution >= 4 is 5.97 Å². The maximum absolute atomic E-state index is 10.6. The van der Waals surface area contributed by atoms with Crippen LogP contribution in [0.25, 0.3) is 0 Å². The lowest BCUT2D eigenvalue weighted by atomic mass is 9.92. The van der Waals surface area contributed by atoms with Gasteiger partial charge in [-0.15, -0.1) is 0 Å². The number of aliphatic hydroxyl groups is 19. The number of carbonyl (C=O) groups is 1. The van der Waals surface area contributed by atoms with E-state index in [0.29, 0.717) is 0 Å². The van der Waals surface area contributed by atoms with Crippen LogP contribution in [0.4, 0.5) is 0 Å². The lowest BCUT2D eigenvalue weighted by Crippen LogP contribution is -2.56. The molecule has 21 nitrogen and oxygen atoms in total. The second-order valence-corrected chi connectivity index (χ2v) is 7.97. The Morgan fingerprint density at radius 3 is 0.976 bits per heavy atom. The summed E-state index contributed by atoms with van der Waals surface area (Å²) in [5.41, 5.74) is 0. The maximum Gasteiger partial charge on any atom is 0.375 e. The number of hydrogen-bond acceptors (Lipinski definition) is 20. The first-order valence-corrected chi connectivity index (χ1v) is 10.6. The van der Waals surface area contributed by atoms with E-state index >= 15 is 0 Å². The predicted octanol–water partition coefficient (Wildman–Crippen LogP) is -4.41. The summed E-state index contributed by atoms with van der Waals surface area (Å²) in [4.78, 5) is 10.6. The summed E-state index contributed by atoms with van der Waals surface area (Å²) in [7, 11) is 0. The van der Waals surface area contributed by atoms with E-state index < -0.39 is 119 Å². The number of rotatable bonds is 14. The van der Waals surface area contributed by atoms with Gasteiger partial charge in [0.2, 0.25) is 51.8 Å². The molecule has 0 radical (unpaired) electrons. The quantitative estimate of drug-likeness (QED) is 0.0503. The fourth-order valence-electron chi connectivity index (χ4n) is 2.64. The van der Waals surface area contributed by atoms with Gasteiger partial charge in [-0.05, 0) is 0 Å². The van der Waals surface area contributed by atoms with Crippen molar-refractivity contribution in [2.75, 3.05) is 6.61 Å². The molecule has 0 rings (SSSR count). The monoisotopic (exact) mass is 606 g/mol. The minimum absolute atomic E-state index is 1.12. The highest BCUT2D eigenvalue weighted by Gasteiger charge is 2.42. The van der Waals surface area contributed by atoms with Gasteiger partial charge in [-0.1, -0.05) is 0 Å². The average Bonchev–Trinajstić information content (AvgIpc) is 2.97. The zero-order chi connectivity index (χ0) is 32.7. The summed E-state index contributed by atoms with van der Waals surface area (Å²) >= 11 is 0. The molecule has 20 N–H and O–H groups in total. The Hall–Kier alpha value is -4.19. The molecule has 0 fully saturated rings. The maximum atomic E-state index is 10.6. The van der Waals surface area contributed by atoms with Crippen LogP contribution in [-0.4, -0.2) is 164 Å². The minimum Gasteiger partial charge on any atom is -0.506 e. The van der Waals surface area contributed by atoms with Crippen molar-refractivity contribution in [3.63, 3.8) is 0 Å². The summed E-state index contributed by atoms with van der Waals surface area (Å²) in [5.74, 6) is -22.7. The van der Waals surface area contributed by atoms with Crippen molar-refractivity contribution in [2.24, 2.45) is 0 Å². The van der Waals surface area contributed by atoms with Gasteiger partial charge in [-0.2, -0.15) is 0 Å². The Kier molecular flexibility index (Phi) is 13.5. The average molecular weight is 606 g/mol. The molecule has 0 aromatic rings. The summed E-state index contributed by atoms with van der Waals surface area (Å²) < 4.78 is 0. The van der Waals surface area contributed by atoms with E-state index in [2.05, 4.69) is 0 Å². The minimum atomic E-state index is -2.95. The van der Waals surface area contributed by atoms with Gasteiger partial charge < -0.3 is 102 Å². The van der Waals surface area contributed by atoms with Crippen LogP contribution in [0.3, 0.4) is 0 Å². The molecule has 0 saturated carbocycles. The van der Waals surface area contributed by atoms with Crippen LogP contribution in [0.2, 0.25) is 0 Å². The fraction of sp³-hybridized carbons (Fsp3) is 0.450. The third kappa shape index (κ3) is 8.40. The molecule has 21 heteroatoms. The zero-order valence-corrected chi connectivity index (χ0v) is 20.2. The lowest BCUT2D eigenvalue weighted by Gasteiger charge is -2.33. The first kappa shape index (κ1) is 36.8. The fourth-order valence-corrected chi connectivity index (χ4v) is 2.64. The van der Waals surface area contributed by atoms with E-state index in [1.165, 1.54) is 0 Å². The normalized spacial score (nSPS) is 21.3. The van der Waals surface area contributed by atoms with Gasteiger partial charge in [-0.3, -0.25) is 0 Å². The Bertz CT molecular complexity index is 1100. The van der Waals surface area contributed by atoms with Gasteiger partial charge in [0.1, 0.15) is 48.8 Å². The van der Waals surface area contributed by atoms with Gasteiger partial charge in [-0.25, -0.2) is 4.79 Å². The second kappa shape index (κ2) is 15.0. The van der Waals surface area contributed by atoms with Crippen molar-refractivity contribution in [1.82, 2.24) is 0 Å². The van der Waals surface area contributed by atoms with Crippen molar-refractivity contribution in [3.05, 3.63) is 57.6 Å². The van der Waals surface area contributed by atoms with E-state index in [9.17, 15) is 91.6 Å². The summed E-state index contributed by atoms with van der Waals surface area (Å²) in [6, 6.07) is 0. The lowest BCUT2D eigenvalue weighted by molar-refractivity contribution is -0.178. The van der Waals surface area contributed by atoms with Gasteiger partial charge in [0.15, 0.2) is 5.76 Å². The van der Waals surface area contributed by atoms with Crippen molar-refractivity contribution < 1.29 is 107 Å². The van der Waals surface area contributed by atoms with Crippen LogP contribution < -0.4 is 0 Å². The molecule has 0 aliphatic carbocycles. The highest BCUT2D eigenvalue weighted by molar-refractivity contribution is 5.85. The first-order chi connectivity index (χ1) is 18.7.